The van der Waals surface area contributed by atoms with Gasteiger partial charge in [0.15, 0.2) is 11.5 Å². The molecule has 0 unspecified atom stereocenters. The van der Waals surface area contributed by atoms with Gasteiger partial charge in [-0.05, 0) is 61.4 Å². The highest BCUT2D eigenvalue weighted by Gasteiger charge is 2.18. The number of nitrogens with zero attached hydrogens (tertiary/aromatic N) is 6. The van der Waals surface area contributed by atoms with E-state index < -0.39 is 0 Å². The van der Waals surface area contributed by atoms with Crippen molar-refractivity contribution in [2.24, 2.45) is 0 Å². The summed E-state index contributed by atoms with van der Waals surface area (Å²) in [5.41, 5.74) is 5.81. The molecule has 4 heterocycles. The summed E-state index contributed by atoms with van der Waals surface area (Å²) >= 11 is 0. The molecule has 28 heavy (non-hydrogen) atoms. The molecule has 0 spiro atoms. The van der Waals surface area contributed by atoms with Crippen molar-refractivity contribution < 1.29 is 4.39 Å². The summed E-state index contributed by atoms with van der Waals surface area (Å²) in [5.74, 6) is 0.268. The zero-order chi connectivity index (χ0) is 19.3. The molecule has 0 amide bonds. The molecule has 0 saturated carbocycles. The number of aromatic nitrogens is 6. The number of benzene rings is 1. The van der Waals surface area contributed by atoms with E-state index in [9.17, 15) is 4.39 Å². The molecular formula is C21H17FN6. The van der Waals surface area contributed by atoms with E-state index >= 15 is 0 Å². The predicted molar refractivity (Wildman–Crippen MR) is 104 cm³/mol. The monoisotopic (exact) mass is 372 g/mol. The first-order chi connectivity index (χ1) is 13.6. The zero-order valence-electron chi connectivity index (χ0n) is 15.5. The quantitative estimate of drug-likeness (QED) is 0.481. The molecular weight excluding hydrogens is 355 g/mol. The Kier molecular flexibility index (Phi) is 3.68. The van der Waals surface area contributed by atoms with Gasteiger partial charge in [-0.15, -0.1) is 5.10 Å². The second kappa shape index (κ2) is 6.23. The van der Waals surface area contributed by atoms with Gasteiger partial charge in [-0.3, -0.25) is 4.98 Å². The Balaban J connectivity index is 1.70. The lowest BCUT2D eigenvalue weighted by molar-refractivity contribution is 0.628. The van der Waals surface area contributed by atoms with Crippen molar-refractivity contribution in [3.8, 4) is 11.4 Å². The Labute approximate surface area is 160 Å². The molecule has 0 N–H and O–H groups in total. The number of rotatable bonds is 3. The Morgan fingerprint density at radius 2 is 1.71 bits per heavy atom. The highest BCUT2D eigenvalue weighted by Crippen LogP contribution is 2.28. The van der Waals surface area contributed by atoms with Crippen LogP contribution in [-0.4, -0.2) is 29.1 Å². The van der Waals surface area contributed by atoms with Crippen LogP contribution in [0, 0.1) is 19.7 Å². The smallest absolute Gasteiger partial charge is 0.182 e. The van der Waals surface area contributed by atoms with E-state index in [0.717, 1.165) is 39.1 Å². The number of halogens is 1. The molecule has 0 aliphatic carbocycles. The summed E-state index contributed by atoms with van der Waals surface area (Å²) in [4.78, 5) is 13.5. The van der Waals surface area contributed by atoms with E-state index in [1.807, 2.05) is 12.1 Å². The van der Waals surface area contributed by atoms with Crippen molar-refractivity contribution in [3.05, 3.63) is 77.8 Å². The maximum absolute atomic E-state index is 13.2. The van der Waals surface area contributed by atoms with E-state index in [1.54, 1.807) is 35.4 Å². The van der Waals surface area contributed by atoms with E-state index in [1.165, 1.54) is 12.1 Å². The minimum Gasteiger partial charge on any atom is -0.325 e. The zero-order valence-corrected chi connectivity index (χ0v) is 15.5. The first-order valence-electron chi connectivity index (χ1n) is 8.97. The van der Waals surface area contributed by atoms with E-state index in [0.29, 0.717) is 12.4 Å². The summed E-state index contributed by atoms with van der Waals surface area (Å²) < 4.78 is 17.1. The van der Waals surface area contributed by atoms with Crippen LogP contribution >= 0.6 is 0 Å². The van der Waals surface area contributed by atoms with E-state index in [2.05, 4.69) is 33.5 Å². The van der Waals surface area contributed by atoms with Crippen molar-refractivity contribution in [2.75, 3.05) is 0 Å². The summed E-state index contributed by atoms with van der Waals surface area (Å²) in [6, 6.07) is 10.2. The van der Waals surface area contributed by atoms with Gasteiger partial charge in [-0.2, -0.15) is 0 Å². The molecule has 5 aromatic rings. The minimum atomic E-state index is -0.281. The maximum Gasteiger partial charge on any atom is 0.182 e. The number of fused-ring (bicyclic) bond motifs is 3. The average Bonchev–Trinajstić information content (AvgIpc) is 3.24. The standard InChI is InChI=1S/C21H17FN6/c1-13-14(2)27(11-15-7-9-23-10-8-15)20-18(13)21-25-19(26-28(21)12-24-20)16-3-5-17(22)6-4-16/h3-10,12H,11H2,1-2H3. The topological polar surface area (TPSA) is 60.9 Å². The lowest BCUT2D eigenvalue weighted by Crippen LogP contribution is -2.03. The minimum absolute atomic E-state index is 0.281. The Bertz CT molecular complexity index is 1300. The van der Waals surface area contributed by atoms with Crippen LogP contribution in [-0.2, 0) is 6.54 Å². The van der Waals surface area contributed by atoms with Crippen molar-refractivity contribution in [1.29, 1.82) is 0 Å². The van der Waals surface area contributed by atoms with Crippen LogP contribution in [0.1, 0.15) is 16.8 Å². The molecule has 0 aliphatic heterocycles. The number of hydrogen-bond donors (Lipinski definition) is 0. The third kappa shape index (κ3) is 2.55. The van der Waals surface area contributed by atoms with Gasteiger partial charge in [0.25, 0.3) is 0 Å². The fraction of sp³-hybridized carbons (Fsp3) is 0.143. The van der Waals surface area contributed by atoms with E-state index in [4.69, 9.17) is 4.98 Å². The van der Waals surface area contributed by atoms with Gasteiger partial charge in [-0.1, -0.05) is 0 Å². The van der Waals surface area contributed by atoms with Gasteiger partial charge in [0.2, 0.25) is 0 Å². The number of pyridine rings is 1. The maximum atomic E-state index is 13.2. The molecule has 0 fully saturated rings. The highest BCUT2D eigenvalue weighted by molar-refractivity contribution is 5.94. The predicted octanol–water partition coefficient (Wildman–Crippen LogP) is 3.95. The van der Waals surface area contributed by atoms with Crippen molar-refractivity contribution in [2.45, 2.75) is 20.4 Å². The summed E-state index contributed by atoms with van der Waals surface area (Å²) in [6.07, 6.45) is 5.27. The lowest BCUT2D eigenvalue weighted by Gasteiger charge is -2.07. The van der Waals surface area contributed by atoms with Crippen LogP contribution in [0.4, 0.5) is 4.39 Å². The van der Waals surface area contributed by atoms with Gasteiger partial charge in [0, 0.05) is 30.2 Å². The molecule has 138 valence electrons. The largest absolute Gasteiger partial charge is 0.325 e. The van der Waals surface area contributed by atoms with Crippen molar-refractivity contribution in [3.63, 3.8) is 0 Å². The molecule has 7 heteroatoms. The third-order valence-corrected chi connectivity index (χ3v) is 5.14. The average molecular weight is 372 g/mol. The van der Waals surface area contributed by atoms with Crippen LogP contribution in [0.3, 0.4) is 0 Å². The van der Waals surface area contributed by atoms with Crippen LogP contribution in [0.15, 0.2) is 55.1 Å². The van der Waals surface area contributed by atoms with Gasteiger partial charge in [0.05, 0.1) is 5.39 Å². The second-order valence-corrected chi connectivity index (χ2v) is 6.81. The molecule has 1 aromatic carbocycles. The van der Waals surface area contributed by atoms with Crippen molar-refractivity contribution >= 4 is 16.7 Å². The molecule has 5 rings (SSSR count). The SMILES string of the molecule is Cc1c(C)n(Cc2ccncc2)c2ncn3nc(-c4ccc(F)cc4)nc3c12. The van der Waals surface area contributed by atoms with Crippen LogP contribution in [0.2, 0.25) is 0 Å². The number of hydrogen-bond acceptors (Lipinski definition) is 4. The van der Waals surface area contributed by atoms with Crippen LogP contribution in [0.5, 0.6) is 0 Å². The summed E-state index contributed by atoms with van der Waals surface area (Å²) in [6.45, 7) is 4.88. The molecule has 0 aliphatic rings. The molecule has 0 bridgehead atoms. The molecule has 6 nitrogen and oxygen atoms in total. The lowest BCUT2D eigenvalue weighted by atomic mass is 10.2. The first kappa shape index (κ1) is 16.6. The summed E-state index contributed by atoms with van der Waals surface area (Å²) in [5, 5.41) is 5.51. The highest BCUT2D eigenvalue weighted by atomic mass is 19.1. The van der Waals surface area contributed by atoms with Gasteiger partial charge in [0.1, 0.15) is 17.8 Å². The van der Waals surface area contributed by atoms with Crippen LogP contribution in [0.25, 0.3) is 28.1 Å². The van der Waals surface area contributed by atoms with Gasteiger partial charge < -0.3 is 4.57 Å². The Hall–Kier alpha value is -3.61. The van der Waals surface area contributed by atoms with Crippen LogP contribution < -0.4 is 0 Å². The molecule has 4 aromatic heterocycles. The summed E-state index contributed by atoms with van der Waals surface area (Å²) in [7, 11) is 0. The first-order valence-corrected chi connectivity index (χ1v) is 8.97. The number of aryl methyl sites for hydroxylation is 1. The third-order valence-electron chi connectivity index (χ3n) is 5.14. The Morgan fingerprint density at radius 3 is 2.46 bits per heavy atom. The second-order valence-electron chi connectivity index (χ2n) is 6.81. The fourth-order valence-corrected chi connectivity index (χ4v) is 3.52. The van der Waals surface area contributed by atoms with E-state index in [-0.39, 0.29) is 5.82 Å². The normalized spacial score (nSPS) is 11.5. The van der Waals surface area contributed by atoms with Gasteiger partial charge >= 0.3 is 0 Å². The fourth-order valence-electron chi connectivity index (χ4n) is 3.52. The molecule has 0 atom stereocenters. The van der Waals surface area contributed by atoms with Gasteiger partial charge in [-0.25, -0.2) is 18.9 Å². The van der Waals surface area contributed by atoms with Crippen molar-refractivity contribution in [1.82, 2.24) is 29.1 Å². The molecule has 0 saturated heterocycles. The molecule has 0 radical (unpaired) electrons. The Morgan fingerprint density at radius 1 is 0.964 bits per heavy atom.